The molecule has 0 aromatic carbocycles. The maximum atomic E-state index is 12.0. The van der Waals surface area contributed by atoms with Crippen molar-refractivity contribution in [2.24, 2.45) is 0 Å². The number of thiol groups is 1. The van der Waals surface area contributed by atoms with E-state index in [0.29, 0.717) is 65.5 Å². The first-order valence-electron chi connectivity index (χ1n) is 13.7. The van der Waals surface area contributed by atoms with E-state index < -0.39 is 21.7 Å². The Kier molecular flexibility index (Phi) is 23.9. The van der Waals surface area contributed by atoms with Gasteiger partial charge in [-0.15, -0.1) is 12.3 Å². The van der Waals surface area contributed by atoms with E-state index in [2.05, 4.69) is 18.8 Å². The van der Waals surface area contributed by atoms with E-state index in [9.17, 15) is 18.9 Å². The Balaban J connectivity index is 1.81. The Labute approximate surface area is 254 Å². The minimum Gasteiger partial charge on any atom is -0.379 e. The first-order valence-corrected chi connectivity index (χ1v) is 17.1. The van der Waals surface area contributed by atoms with Crippen LogP contribution in [0.5, 0.6) is 0 Å². The topological polar surface area (TPSA) is 176 Å². The predicted octanol–water partition coefficient (Wildman–Crippen LogP) is 1.12. The Morgan fingerprint density at radius 3 is 1.62 bits per heavy atom. The highest BCUT2D eigenvalue weighted by molar-refractivity contribution is 7.75. The Morgan fingerprint density at radius 2 is 1.17 bits per heavy atom. The minimum atomic E-state index is -4.24. The van der Waals surface area contributed by atoms with Gasteiger partial charge in [0.05, 0.1) is 92.5 Å². The van der Waals surface area contributed by atoms with Gasteiger partial charge >= 0.3 is 15.6 Å². The molecule has 1 saturated heterocycles. The predicted molar refractivity (Wildman–Crippen MR) is 156 cm³/mol. The minimum absolute atomic E-state index is 0.0541. The molecule has 19 heteroatoms. The molecule has 5 unspecified atom stereocenters. The van der Waals surface area contributed by atoms with Crippen molar-refractivity contribution in [3.63, 3.8) is 0 Å². The van der Waals surface area contributed by atoms with Gasteiger partial charge in [-0.3, -0.25) is 18.1 Å². The fourth-order valence-corrected chi connectivity index (χ4v) is 5.01. The molecule has 2 N–H and O–H groups in total. The summed E-state index contributed by atoms with van der Waals surface area (Å²) in [5, 5.41) is 0. The SMILES string of the molecule is BC1CC(OS)C(COP(=O)(O)OCCOCCOCCOCCOCCOCCOP(=O)(O)OCCCCC#C)O1. The second-order valence-corrected chi connectivity index (χ2v) is 11.9. The second-order valence-electron chi connectivity index (χ2n) is 8.82. The number of rotatable bonds is 29. The van der Waals surface area contributed by atoms with E-state index in [1.165, 1.54) is 0 Å². The molecule has 5 atom stereocenters. The molecule has 0 bridgehead atoms. The highest BCUT2D eigenvalue weighted by Crippen LogP contribution is 2.44. The maximum absolute atomic E-state index is 12.0. The van der Waals surface area contributed by atoms with Gasteiger partial charge in [-0.05, 0) is 32.2 Å². The van der Waals surface area contributed by atoms with E-state index in [1.54, 1.807) is 0 Å². The Bertz CT molecular complexity index is 808. The molecule has 1 rings (SSSR count). The van der Waals surface area contributed by atoms with E-state index in [1.807, 2.05) is 7.85 Å². The zero-order valence-electron chi connectivity index (χ0n) is 24.1. The number of phosphoric ester groups is 2. The van der Waals surface area contributed by atoms with Gasteiger partial charge in [0.15, 0.2) is 0 Å². The standard InChI is InChI=1S/C23H45BO15P2S/c1-2-3-4-5-6-34-40(25,26)35-17-15-32-13-11-30-9-7-29-8-10-31-12-14-33-16-18-36-41(27,28)37-20-22-21(39-42)19-23(24)38-22/h1,21-23,42H,3-20,24H2,(H,25,26)(H,27,28). The smallest absolute Gasteiger partial charge is 0.379 e. The molecular formula is C23H45BO15P2S. The van der Waals surface area contributed by atoms with Crippen LogP contribution in [0.3, 0.4) is 0 Å². The van der Waals surface area contributed by atoms with Crippen molar-refractivity contribution in [3.05, 3.63) is 0 Å². The van der Waals surface area contributed by atoms with Crippen LogP contribution >= 0.6 is 28.6 Å². The van der Waals surface area contributed by atoms with Gasteiger partial charge < -0.3 is 42.4 Å². The number of ether oxygens (including phenoxy) is 6. The molecule has 0 saturated carbocycles. The zero-order valence-corrected chi connectivity index (χ0v) is 26.8. The number of unbranched alkanes of at least 4 members (excludes halogenated alkanes) is 2. The monoisotopic (exact) mass is 666 g/mol. The zero-order chi connectivity index (χ0) is 30.9. The van der Waals surface area contributed by atoms with E-state index in [4.69, 9.17) is 57.1 Å². The molecule has 246 valence electrons. The van der Waals surface area contributed by atoms with E-state index >= 15 is 0 Å². The van der Waals surface area contributed by atoms with Crippen molar-refractivity contribution in [1.29, 1.82) is 0 Å². The average Bonchev–Trinajstić information content (AvgIpc) is 3.32. The lowest BCUT2D eigenvalue weighted by Gasteiger charge is -2.18. The number of hydrogen-bond acceptors (Lipinski definition) is 14. The van der Waals surface area contributed by atoms with Crippen LogP contribution in [0, 0.1) is 12.3 Å². The largest absolute Gasteiger partial charge is 0.472 e. The molecule has 1 aliphatic rings. The molecule has 0 aliphatic carbocycles. The third-order valence-corrected chi connectivity index (χ3v) is 7.62. The third kappa shape index (κ3) is 22.4. The van der Waals surface area contributed by atoms with Crippen LogP contribution in [-0.2, 0) is 59.8 Å². The summed E-state index contributed by atoms with van der Waals surface area (Å²) in [7, 11) is -6.45. The van der Waals surface area contributed by atoms with Gasteiger partial charge in [-0.2, -0.15) is 0 Å². The van der Waals surface area contributed by atoms with Crippen LogP contribution in [0.2, 0.25) is 0 Å². The molecule has 0 amide bonds. The lowest BCUT2D eigenvalue weighted by atomic mass is 9.96. The highest BCUT2D eigenvalue weighted by atomic mass is 32.1. The first kappa shape index (κ1) is 39.9. The first-order chi connectivity index (χ1) is 20.2. The number of terminal acetylenes is 1. The summed E-state index contributed by atoms with van der Waals surface area (Å²) in [6.07, 6.45) is 6.82. The summed E-state index contributed by atoms with van der Waals surface area (Å²) in [5.41, 5.74) is 0. The summed E-state index contributed by atoms with van der Waals surface area (Å²) in [4.78, 5) is 19.3. The van der Waals surface area contributed by atoms with Crippen molar-refractivity contribution in [3.8, 4) is 12.3 Å². The molecule has 0 aromatic rings. The van der Waals surface area contributed by atoms with Crippen molar-refractivity contribution in [1.82, 2.24) is 0 Å². The second kappa shape index (κ2) is 25.1. The third-order valence-electron chi connectivity index (χ3n) is 5.35. The van der Waals surface area contributed by atoms with Crippen LogP contribution in [0.15, 0.2) is 0 Å². The van der Waals surface area contributed by atoms with E-state index in [-0.39, 0.29) is 58.4 Å². The quantitative estimate of drug-likeness (QED) is 0.0258. The molecule has 42 heavy (non-hydrogen) atoms. The summed E-state index contributed by atoms with van der Waals surface area (Å²) >= 11 is 3.78. The normalized spacial score (nSPS) is 21.6. The number of phosphoric acid groups is 2. The maximum Gasteiger partial charge on any atom is 0.472 e. The van der Waals surface area contributed by atoms with Crippen molar-refractivity contribution >= 4 is 36.4 Å². The van der Waals surface area contributed by atoms with E-state index in [0.717, 1.165) is 6.42 Å². The van der Waals surface area contributed by atoms with Gasteiger partial charge in [0.2, 0.25) is 0 Å². The van der Waals surface area contributed by atoms with Crippen LogP contribution in [0.1, 0.15) is 25.7 Å². The van der Waals surface area contributed by atoms with Gasteiger partial charge in [-0.25, -0.2) is 9.13 Å². The fourth-order valence-electron chi connectivity index (χ4n) is 3.33. The van der Waals surface area contributed by atoms with Gasteiger partial charge in [0, 0.05) is 12.4 Å². The summed E-state index contributed by atoms with van der Waals surface area (Å²) in [5.74, 6) is 2.48. The molecule has 0 aromatic heterocycles. The van der Waals surface area contributed by atoms with Gasteiger partial charge in [0.25, 0.3) is 0 Å². The molecule has 1 fully saturated rings. The van der Waals surface area contributed by atoms with Crippen LogP contribution in [-0.4, -0.2) is 128 Å². The number of hydrogen-bond donors (Lipinski definition) is 3. The van der Waals surface area contributed by atoms with Crippen molar-refractivity contribution in [2.45, 2.75) is 43.9 Å². The summed E-state index contributed by atoms with van der Waals surface area (Å²) in [6, 6.07) is -0.0541. The average molecular weight is 666 g/mol. The van der Waals surface area contributed by atoms with Gasteiger partial charge in [-0.1, -0.05) is 0 Å². The molecule has 15 nitrogen and oxygen atoms in total. The molecule has 1 aliphatic heterocycles. The molecular weight excluding hydrogens is 621 g/mol. The molecule has 1 heterocycles. The summed E-state index contributed by atoms with van der Waals surface area (Å²) < 4.78 is 80.3. The van der Waals surface area contributed by atoms with Gasteiger partial charge in [0.1, 0.15) is 20.1 Å². The van der Waals surface area contributed by atoms with Crippen LogP contribution < -0.4 is 0 Å². The molecule has 0 radical (unpaired) electrons. The van der Waals surface area contributed by atoms with Crippen molar-refractivity contribution in [2.75, 3.05) is 92.5 Å². The lowest BCUT2D eigenvalue weighted by Crippen LogP contribution is -2.27. The fraction of sp³-hybridized carbons (Fsp3) is 0.913. The van der Waals surface area contributed by atoms with Crippen LogP contribution in [0.4, 0.5) is 0 Å². The Morgan fingerprint density at radius 1 is 0.738 bits per heavy atom. The summed E-state index contributed by atoms with van der Waals surface area (Å²) in [6.45, 7) is 2.68. The van der Waals surface area contributed by atoms with Crippen LogP contribution in [0.25, 0.3) is 0 Å². The highest BCUT2D eigenvalue weighted by Gasteiger charge is 2.35. The molecule has 0 spiro atoms. The van der Waals surface area contributed by atoms with Crippen molar-refractivity contribution < 1.29 is 69.6 Å². The lowest BCUT2D eigenvalue weighted by molar-refractivity contribution is -0.0167. The Hall–Kier alpha value is -0.0851.